The van der Waals surface area contributed by atoms with Crippen molar-refractivity contribution in [3.63, 3.8) is 0 Å². The number of carbonyl (C=O) groups is 1. The van der Waals surface area contributed by atoms with E-state index >= 15 is 0 Å². The van der Waals surface area contributed by atoms with Crippen LogP contribution in [-0.2, 0) is 4.79 Å². The van der Waals surface area contributed by atoms with Gasteiger partial charge in [-0.1, -0.05) is 0 Å². The van der Waals surface area contributed by atoms with Gasteiger partial charge in [-0.15, -0.1) is 0 Å². The molecular formula is C8H14N2O2. The first-order valence-corrected chi connectivity index (χ1v) is 3.94. The maximum absolute atomic E-state index is 11.3. The van der Waals surface area contributed by atoms with Gasteiger partial charge in [-0.05, 0) is 20.8 Å². The van der Waals surface area contributed by atoms with Gasteiger partial charge < -0.3 is 5.11 Å². The number of carbonyl (C=O) groups excluding carboxylic acids is 1. The van der Waals surface area contributed by atoms with Crippen LogP contribution in [-0.4, -0.2) is 40.4 Å². The number of aliphatic imine (C=N–C) groups is 1. The van der Waals surface area contributed by atoms with Crippen LogP contribution in [0.15, 0.2) is 4.99 Å². The van der Waals surface area contributed by atoms with Crippen LogP contribution in [0, 0.1) is 0 Å². The molecule has 1 heterocycles. The standard InChI is InChI=1S/C8H14N2O2/c1-8(2,3)10-6(5-11)9-4-7(10)12/h11H,4-5H2,1-3H3. The highest BCUT2D eigenvalue weighted by atomic mass is 16.3. The Morgan fingerprint density at radius 1 is 1.58 bits per heavy atom. The molecule has 1 N–H and O–H groups in total. The number of amidine groups is 1. The lowest BCUT2D eigenvalue weighted by atomic mass is 10.1. The summed E-state index contributed by atoms with van der Waals surface area (Å²) in [7, 11) is 0. The molecule has 0 atom stereocenters. The average molecular weight is 170 g/mol. The van der Waals surface area contributed by atoms with Crippen LogP contribution in [0.2, 0.25) is 0 Å². The molecule has 0 aromatic rings. The van der Waals surface area contributed by atoms with E-state index < -0.39 is 0 Å². The number of aliphatic hydroxyl groups is 1. The van der Waals surface area contributed by atoms with Crippen molar-refractivity contribution in [2.75, 3.05) is 13.2 Å². The highest BCUT2D eigenvalue weighted by Gasteiger charge is 2.33. The molecule has 0 fully saturated rings. The van der Waals surface area contributed by atoms with Gasteiger partial charge in [0.2, 0.25) is 5.91 Å². The Bertz CT molecular complexity index is 228. The highest BCUT2D eigenvalue weighted by molar-refractivity contribution is 6.05. The van der Waals surface area contributed by atoms with Crippen molar-refractivity contribution in [3.8, 4) is 0 Å². The van der Waals surface area contributed by atoms with E-state index in [9.17, 15) is 4.79 Å². The Kier molecular flexibility index (Phi) is 2.19. The first kappa shape index (κ1) is 9.19. The van der Waals surface area contributed by atoms with E-state index in [2.05, 4.69) is 4.99 Å². The molecule has 0 spiro atoms. The summed E-state index contributed by atoms with van der Waals surface area (Å²) < 4.78 is 0. The normalized spacial score (nSPS) is 18.5. The van der Waals surface area contributed by atoms with E-state index in [0.717, 1.165) is 0 Å². The van der Waals surface area contributed by atoms with Crippen LogP contribution >= 0.6 is 0 Å². The second-order valence-corrected chi connectivity index (χ2v) is 3.79. The molecule has 0 aliphatic carbocycles. The Labute approximate surface area is 71.9 Å². The van der Waals surface area contributed by atoms with Gasteiger partial charge in [-0.2, -0.15) is 0 Å². The van der Waals surface area contributed by atoms with Crippen molar-refractivity contribution in [2.24, 2.45) is 4.99 Å². The Morgan fingerprint density at radius 3 is 2.50 bits per heavy atom. The third-order valence-corrected chi connectivity index (χ3v) is 1.72. The van der Waals surface area contributed by atoms with E-state index in [-0.39, 0.29) is 24.6 Å². The van der Waals surface area contributed by atoms with Gasteiger partial charge in [-0.3, -0.25) is 14.7 Å². The first-order valence-electron chi connectivity index (χ1n) is 3.94. The zero-order valence-corrected chi connectivity index (χ0v) is 7.66. The predicted molar refractivity (Wildman–Crippen MR) is 46.0 cm³/mol. The van der Waals surface area contributed by atoms with E-state index in [1.54, 1.807) is 4.90 Å². The maximum Gasteiger partial charge on any atom is 0.250 e. The van der Waals surface area contributed by atoms with E-state index in [0.29, 0.717) is 5.84 Å². The first-order chi connectivity index (χ1) is 5.46. The summed E-state index contributed by atoms with van der Waals surface area (Å²) in [6, 6.07) is 0. The molecule has 1 aliphatic rings. The number of hydrogen-bond donors (Lipinski definition) is 1. The van der Waals surface area contributed by atoms with Crippen LogP contribution < -0.4 is 0 Å². The molecule has 1 rings (SSSR count). The molecule has 1 amide bonds. The number of hydrogen-bond acceptors (Lipinski definition) is 3. The minimum Gasteiger partial charge on any atom is -0.388 e. The fourth-order valence-electron chi connectivity index (χ4n) is 1.33. The smallest absolute Gasteiger partial charge is 0.250 e. The highest BCUT2D eigenvalue weighted by Crippen LogP contribution is 2.17. The molecule has 0 bridgehead atoms. The summed E-state index contributed by atoms with van der Waals surface area (Å²) >= 11 is 0. The van der Waals surface area contributed by atoms with Crippen molar-refractivity contribution < 1.29 is 9.90 Å². The topological polar surface area (TPSA) is 52.9 Å². The third kappa shape index (κ3) is 1.48. The van der Waals surface area contributed by atoms with Crippen molar-refractivity contribution in [3.05, 3.63) is 0 Å². The molecule has 68 valence electrons. The Balaban J connectivity index is 2.87. The zero-order chi connectivity index (χ0) is 9.35. The Morgan fingerprint density at radius 2 is 2.17 bits per heavy atom. The van der Waals surface area contributed by atoms with Gasteiger partial charge in [0.25, 0.3) is 0 Å². The van der Waals surface area contributed by atoms with Gasteiger partial charge in [0.05, 0.1) is 0 Å². The molecule has 0 radical (unpaired) electrons. The fourth-order valence-corrected chi connectivity index (χ4v) is 1.33. The van der Waals surface area contributed by atoms with Gasteiger partial charge in [-0.25, -0.2) is 0 Å². The van der Waals surface area contributed by atoms with Crippen molar-refractivity contribution in [1.82, 2.24) is 4.90 Å². The van der Waals surface area contributed by atoms with Crippen LogP contribution in [0.1, 0.15) is 20.8 Å². The molecule has 0 aromatic carbocycles. The fraction of sp³-hybridized carbons (Fsp3) is 0.750. The monoisotopic (exact) mass is 170 g/mol. The third-order valence-electron chi connectivity index (χ3n) is 1.72. The minimum absolute atomic E-state index is 0.0356. The molecule has 0 saturated carbocycles. The zero-order valence-electron chi connectivity index (χ0n) is 7.66. The quantitative estimate of drug-likeness (QED) is 0.603. The van der Waals surface area contributed by atoms with Gasteiger partial charge in [0, 0.05) is 5.54 Å². The van der Waals surface area contributed by atoms with Crippen LogP contribution in [0.4, 0.5) is 0 Å². The molecule has 4 nitrogen and oxygen atoms in total. The maximum atomic E-state index is 11.3. The average Bonchev–Trinajstić information content (AvgIpc) is 2.29. The summed E-state index contributed by atoms with van der Waals surface area (Å²) in [6.07, 6.45) is 0. The van der Waals surface area contributed by atoms with E-state index in [1.165, 1.54) is 0 Å². The second kappa shape index (κ2) is 2.86. The molecule has 0 saturated heterocycles. The lowest BCUT2D eigenvalue weighted by Crippen LogP contribution is -2.47. The molecule has 12 heavy (non-hydrogen) atoms. The van der Waals surface area contributed by atoms with Crippen molar-refractivity contribution in [1.29, 1.82) is 0 Å². The minimum atomic E-state index is -0.283. The summed E-state index contributed by atoms with van der Waals surface area (Å²) in [5.74, 6) is 0.444. The van der Waals surface area contributed by atoms with Gasteiger partial charge in [0.15, 0.2) is 0 Å². The summed E-state index contributed by atoms with van der Waals surface area (Å²) in [4.78, 5) is 16.8. The lowest BCUT2D eigenvalue weighted by Gasteiger charge is -2.31. The van der Waals surface area contributed by atoms with Crippen LogP contribution in [0.5, 0.6) is 0 Å². The summed E-state index contributed by atoms with van der Waals surface area (Å²) in [6.45, 7) is 5.76. The second-order valence-electron chi connectivity index (χ2n) is 3.79. The van der Waals surface area contributed by atoms with Crippen molar-refractivity contribution in [2.45, 2.75) is 26.3 Å². The summed E-state index contributed by atoms with van der Waals surface area (Å²) in [5, 5.41) is 8.89. The molecular weight excluding hydrogens is 156 g/mol. The largest absolute Gasteiger partial charge is 0.388 e. The molecule has 0 unspecified atom stereocenters. The molecule has 1 aliphatic heterocycles. The lowest BCUT2D eigenvalue weighted by molar-refractivity contribution is -0.128. The van der Waals surface area contributed by atoms with E-state index in [4.69, 9.17) is 5.11 Å². The molecule has 4 heteroatoms. The Hall–Kier alpha value is -0.900. The SMILES string of the molecule is CC(C)(C)N1C(=O)CN=C1CO. The summed E-state index contributed by atoms with van der Waals surface area (Å²) in [5.41, 5.74) is -0.283. The number of amides is 1. The van der Waals surface area contributed by atoms with Crippen LogP contribution in [0.25, 0.3) is 0 Å². The predicted octanol–water partition coefficient (Wildman–Crippen LogP) is 0.0179. The number of rotatable bonds is 1. The van der Waals surface area contributed by atoms with Gasteiger partial charge >= 0.3 is 0 Å². The van der Waals surface area contributed by atoms with Crippen molar-refractivity contribution >= 4 is 11.7 Å². The van der Waals surface area contributed by atoms with Crippen LogP contribution in [0.3, 0.4) is 0 Å². The number of nitrogens with zero attached hydrogens (tertiary/aromatic N) is 2. The number of aliphatic hydroxyl groups excluding tert-OH is 1. The molecule has 0 aromatic heterocycles. The van der Waals surface area contributed by atoms with E-state index in [1.807, 2.05) is 20.8 Å². The van der Waals surface area contributed by atoms with Gasteiger partial charge in [0.1, 0.15) is 19.0 Å².